The topological polar surface area (TPSA) is 57.6 Å². The molecule has 0 unspecified atom stereocenters. The van der Waals surface area contributed by atoms with Crippen LogP contribution < -0.4 is 4.90 Å². The highest BCUT2D eigenvalue weighted by Crippen LogP contribution is 2.43. The van der Waals surface area contributed by atoms with E-state index in [2.05, 4.69) is 0 Å². The van der Waals surface area contributed by atoms with Crippen LogP contribution in [-0.2, 0) is 9.59 Å². The monoisotopic (exact) mass is 315 g/mol. The molecule has 1 aliphatic rings. The Morgan fingerprint density at radius 3 is 2.41 bits per heavy atom. The van der Waals surface area contributed by atoms with Gasteiger partial charge in [-0.15, -0.1) is 0 Å². The van der Waals surface area contributed by atoms with E-state index in [0.29, 0.717) is 11.3 Å². The van der Waals surface area contributed by atoms with Crippen molar-refractivity contribution in [3.63, 3.8) is 0 Å². The number of anilines is 1. The van der Waals surface area contributed by atoms with E-state index in [9.17, 15) is 27.9 Å². The van der Waals surface area contributed by atoms with Gasteiger partial charge in [-0.05, 0) is 11.6 Å². The minimum Gasteiger partial charge on any atom is -0.481 e. The SMILES string of the molecule is CC(C)(CC(=O)N1C[C@@H](C(=O)O)c2ccccc21)C(F)(F)F. The number of carbonyl (C=O) groups is 2. The average Bonchev–Trinajstić information content (AvgIpc) is 2.76. The number of hydrogen-bond donors (Lipinski definition) is 1. The number of amides is 1. The second kappa shape index (κ2) is 5.30. The van der Waals surface area contributed by atoms with Crippen molar-refractivity contribution in [1.82, 2.24) is 0 Å². The lowest BCUT2D eigenvalue weighted by molar-refractivity contribution is -0.213. The molecular formula is C15H16F3NO3. The van der Waals surface area contributed by atoms with Gasteiger partial charge in [0.15, 0.2) is 0 Å². The normalized spacial score (nSPS) is 18.2. The van der Waals surface area contributed by atoms with E-state index in [1.807, 2.05) is 0 Å². The Kier molecular flexibility index (Phi) is 3.93. The summed E-state index contributed by atoms with van der Waals surface area (Å²) in [7, 11) is 0. The molecule has 1 amide bonds. The van der Waals surface area contributed by atoms with Gasteiger partial charge in [-0.2, -0.15) is 13.2 Å². The van der Waals surface area contributed by atoms with E-state index >= 15 is 0 Å². The number of halogens is 3. The van der Waals surface area contributed by atoms with Crippen LogP contribution in [0.2, 0.25) is 0 Å². The Labute approximate surface area is 125 Å². The smallest absolute Gasteiger partial charge is 0.394 e. The number of para-hydroxylation sites is 1. The molecule has 1 atom stereocenters. The molecule has 2 rings (SSSR count). The van der Waals surface area contributed by atoms with Crippen LogP contribution in [0.25, 0.3) is 0 Å². The van der Waals surface area contributed by atoms with Crippen LogP contribution in [0.5, 0.6) is 0 Å². The first-order valence-corrected chi connectivity index (χ1v) is 6.73. The van der Waals surface area contributed by atoms with Crippen molar-refractivity contribution in [2.75, 3.05) is 11.4 Å². The number of fused-ring (bicyclic) bond motifs is 1. The van der Waals surface area contributed by atoms with Gasteiger partial charge in [0.05, 0.1) is 5.41 Å². The Morgan fingerprint density at radius 1 is 1.27 bits per heavy atom. The Morgan fingerprint density at radius 2 is 1.86 bits per heavy atom. The number of hydrogen-bond acceptors (Lipinski definition) is 2. The highest BCUT2D eigenvalue weighted by molar-refractivity contribution is 5.99. The minimum atomic E-state index is -4.51. The van der Waals surface area contributed by atoms with Crippen LogP contribution >= 0.6 is 0 Å². The van der Waals surface area contributed by atoms with E-state index in [1.165, 1.54) is 0 Å². The van der Waals surface area contributed by atoms with Crippen molar-refractivity contribution in [2.24, 2.45) is 5.41 Å². The molecule has 0 spiro atoms. The molecule has 0 saturated heterocycles. The Balaban J connectivity index is 2.27. The van der Waals surface area contributed by atoms with E-state index in [-0.39, 0.29) is 6.54 Å². The molecule has 1 N–H and O–H groups in total. The lowest BCUT2D eigenvalue weighted by Crippen LogP contribution is -2.40. The van der Waals surface area contributed by atoms with Gasteiger partial charge < -0.3 is 10.0 Å². The molecule has 0 saturated carbocycles. The van der Waals surface area contributed by atoms with Crippen molar-refractivity contribution in [3.8, 4) is 0 Å². The number of alkyl halides is 3. The maximum atomic E-state index is 12.9. The zero-order valence-corrected chi connectivity index (χ0v) is 12.1. The first-order valence-electron chi connectivity index (χ1n) is 6.73. The molecule has 1 heterocycles. The summed E-state index contributed by atoms with van der Waals surface area (Å²) in [6, 6.07) is 6.40. The summed E-state index contributed by atoms with van der Waals surface area (Å²) in [6.45, 7) is 1.78. The summed E-state index contributed by atoms with van der Waals surface area (Å²) < 4.78 is 38.7. The fraction of sp³-hybridized carbons (Fsp3) is 0.467. The third kappa shape index (κ3) is 2.80. The van der Waals surface area contributed by atoms with Crippen LogP contribution in [-0.4, -0.2) is 29.7 Å². The zero-order valence-electron chi connectivity index (χ0n) is 12.1. The molecule has 0 radical (unpaired) electrons. The highest BCUT2D eigenvalue weighted by atomic mass is 19.4. The second-order valence-electron chi connectivity index (χ2n) is 6.01. The third-order valence-electron chi connectivity index (χ3n) is 3.93. The van der Waals surface area contributed by atoms with Crippen LogP contribution in [0.15, 0.2) is 24.3 Å². The van der Waals surface area contributed by atoms with E-state index in [1.54, 1.807) is 24.3 Å². The molecule has 0 bridgehead atoms. The third-order valence-corrected chi connectivity index (χ3v) is 3.93. The summed E-state index contributed by atoms with van der Waals surface area (Å²) >= 11 is 0. The van der Waals surface area contributed by atoms with Crippen molar-refractivity contribution in [2.45, 2.75) is 32.4 Å². The van der Waals surface area contributed by atoms with E-state index in [0.717, 1.165) is 18.7 Å². The van der Waals surface area contributed by atoms with Crippen molar-refractivity contribution in [3.05, 3.63) is 29.8 Å². The lowest BCUT2D eigenvalue weighted by atomic mass is 9.88. The molecule has 4 nitrogen and oxygen atoms in total. The van der Waals surface area contributed by atoms with Gasteiger partial charge in [-0.1, -0.05) is 32.0 Å². The predicted octanol–water partition coefficient (Wildman–Crippen LogP) is 3.18. The maximum Gasteiger partial charge on any atom is 0.394 e. The van der Waals surface area contributed by atoms with Gasteiger partial charge >= 0.3 is 12.1 Å². The standard InChI is InChI=1S/C15H16F3NO3/c1-14(2,15(16,17)18)7-12(20)19-8-10(13(21)22)9-5-3-4-6-11(9)19/h3-6,10H,7-8H2,1-2H3,(H,21,22)/t10-/m1/s1. The predicted molar refractivity (Wildman–Crippen MR) is 73.6 cm³/mol. The number of rotatable bonds is 3. The quantitative estimate of drug-likeness (QED) is 0.932. The lowest BCUT2D eigenvalue weighted by Gasteiger charge is -2.29. The van der Waals surface area contributed by atoms with Gasteiger partial charge in [-0.25, -0.2) is 0 Å². The van der Waals surface area contributed by atoms with E-state index in [4.69, 9.17) is 0 Å². The number of carboxylic acid groups (broad SMARTS) is 1. The fourth-order valence-electron chi connectivity index (χ4n) is 2.43. The summed E-state index contributed by atoms with van der Waals surface area (Å²) in [5.74, 6) is -2.73. The molecule has 22 heavy (non-hydrogen) atoms. The van der Waals surface area contributed by atoms with Crippen molar-refractivity contribution >= 4 is 17.6 Å². The fourth-order valence-corrected chi connectivity index (χ4v) is 2.43. The molecule has 0 aliphatic carbocycles. The molecular weight excluding hydrogens is 299 g/mol. The second-order valence-corrected chi connectivity index (χ2v) is 6.01. The molecule has 1 aromatic carbocycles. The minimum absolute atomic E-state index is 0.137. The Bertz CT molecular complexity index is 610. The van der Waals surface area contributed by atoms with Gasteiger partial charge in [0.25, 0.3) is 0 Å². The number of nitrogens with zero attached hydrogens (tertiary/aromatic N) is 1. The number of aliphatic carboxylic acids is 1. The zero-order chi connectivity index (χ0) is 16.7. The highest BCUT2D eigenvalue weighted by Gasteiger charge is 2.49. The summed E-state index contributed by atoms with van der Waals surface area (Å²) in [5, 5.41) is 9.20. The molecule has 1 aliphatic heterocycles. The molecule has 1 aromatic rings. The van der Waals surface area contributed by atoms with Crippen molar-refractivity contribution < 1.29 is 27.9 Å². The van der Waals surface area contributed by atoms with Gasteiger partial charge in [0, 0.05) is 18.7 Å². The summed E-state index contributed by atoms with van der Waals surface area (Å²) in [6.07, 6.45) is -5.23. The first kappa shape index (κ1) is 16.3. The van der Waals surface area contributed by atoms with Gasteiger partial charge in [0.1, 0.15) is 5.92 Å². The molecule has 0 aromatic heterocycles. The van der Waals surface area contributed by atoms with Crippen LogP contribution in [0.1, 0.15) is 31.7 Å². The maximum absolute atomic E-state index is 12.9. The van der Waals surface area contributed by atoms with Gasteiger partial charge in [-0.3, -0.25) is 9.59 Å². The molecule has 120 valence electrons. The van der Waals surface area contributed by atoms with Crippen LogP contribution in [0, 0.1) is 5.41 Å². The van der Waals surface area contributed by atoms with Crippen LogP contribution in [0.3, 0.4) is 0 Å². The average molecular weight is 315 g/mol. The first-order chi connectivity index (χ1) is 10.0. The summed E-state index contributed by atoms with van der Waals surface area (Å²) in [5.41, 5.74) is -1.34. The molecule has 0 fully saturated rings. The number of carbonyl (C=O) groups excluding carboxylic acids is 1. The number of benzene rings is 1. The van der Waals surface area contributed by atoms with E-state index < -0.39 is 35.8 Å². The molecule has 7 heteroatoms. The van der Waals surface area contributed by atoms with Crippen LogP contribution in [0.4, 0.5) is 18.9 Å². The largest absolute Gasteiger partial charge is 0.481 e. The van der Waals surface area contributed by atoms with Crippen molar-refractivity contribution in [1.29, 1.82) is 0 Å². The summed E-state index contributed by atoms with van der Waals surface area (Å²) in [4.78, 5) is 24.7. The Hall–Kier alpha value is -2.05. The number of carboxylic acids is 1. The van der Waals surface area contributed by atoms with Gasteiger partial charge in [0.2, 0.25) is 5.91 Å².